The molecule has 0 spiro atoms. The average molecular weight is 265 g/mol. The van der Waals surface area contributed by atoms with Gasteiger partial charge in [-0.2, -0.15) is 0 Å². The zero-order valence-corrected chi connectivity index (χ0v) is 11.7. The minimum Gasteiger partial charge on any atom is -0.481 e. The van der Waals surface area contributed by atoms with Gasteiger partial charge in [-0.1, -0.05) is 31.2 Å². The number of nitrogens with zero attached hydrogens (tertiary/aromatic N) is 1. The Morgan fingerprint density at radius 3 is 2.42 bits per heavy atom. The van der Waals surface area contributed by atoms with Crippen molar-refractivity contribution in [2.75, 3.05) is 19.7 Å². The van der Waals surface area contributed by atoms with Crippen LogP contribution in [0.5, 0.6) is 0 Å². The third kappa shape index (κ3) is 5.01. The zero-order chi connectivity index (χ0) is 14.3. The molecule has 0 amide bonds. The lowest BCUT2D eigenvalue weighted by molar-refractivity contribution is -0.138. The summed E-state index contributed by atoms with van der Waals surface area (Å²) in [4.78, 5) is 13.2. The maximum Gasteiger partial charge on any atom is 0.310 e. The number of rotatable bonds is 8. The zero-order valence-electron chi connectivity index (χ0n) is 11.7. The molecule has 0 bridgehead atoms. The van der Waals surface area contributed by atoms with Crippen molar-refractivity contribution in [1.29, 1.82) is 0 Å². The van der Waals surface area contributed by atoms with Gasteiger partial charge in [0, 0.05) is 19.7 Å². The Balaban J connectivity index is 2.62. The van der Waals surface area contributed by atoms with Crippen molar-refractivity contribution in [2.45, 2.75) is 32.7 Å². The summed E-state index contributed by atoms with van der Waals surface area (Å²) in [5.41, 5.74) is 2.00. The van der Waals surface area contributed by atoms with Gasteiger partial charge < -0.3 is 10.2 Å². The van der Waals surface area contributed by atoms with E-state index in [9.17, 15) is 4.79 Å². The van der Waals surface area contributed by atoms with Gasteiger partial charge in [0.25, 0.3) is 0 Å². The lowest BCUT2D eigenvalue weighted by Gasteiger charge is -2.20. The van der Waals surface area contributed by atoms with E-state index < -0.39 is 11.9 Å². The molecule has 0 radical (unpaired) electrons. The lowest BCUT2D eigenvalue weighted by Crippen LogP contribution is -2.24. The third-order valence-electron chi connectivity index (χ3n) is 3.34. The first kappa shape index (κ1) is 15.7. The molecule has 1 atom stereocenters. The van der Waals surface area contributed by atoms with Crippen LogP contribution in [0.1, 0.15) is 37.3 Å². The molecule has 0 aliphatic rings. The fourth-order valence-electron chi connectivity index (χ4n) is 1.96. The highest BCUT2D eigenvalue weighted by atomic mass is 16.4. The molecule has 0 fully saturated rings. The molecule has 0 heterocycles. The minimum atomic E-state index is -0.800. The number of carbonyl (C=O) groups is 1. The van der Waals surface area contributed by atoms with E-state index in [2.05, 4.69) is 11.8 Å². The van der Waals surface area contributed by atoms with Crippen molar-refractivity contribution in [3.63, 3.8) is 0 Å². The van der Waals surface area contributed by atoms with E-state index in [0.717, 1.165) is 31.6 Å². The molecular formula is C15H23NO3. The molecule has 106 valence electrons. The largest absolute Gasteiger partial charge is 0.481 e. The number of hydrogen-bond acceptors (Lipinski definition) is 3. The first-order valence-corrected chi connectivity index (χ1v) is 6.73. The van der Waals surface area contributed by atoms with Crippen molar-refractivity contribution in [1.82, 2.24) is 4.90 Å². The highest BCUT2D eigenvalue weighted by Gasteiger charge is 2.13. The highest BCUT2D eigenvalue weighted by molar-refractivity contribution is 5.75. The summed E-state index contributed by atoms with van der Waals surface area (Å²) >= 11 is 0. The Hall–Kier alpha value is -1.39. The molecule has 0 aliphatic carbocycles. The molecule has 1 rings (SSSR count). The lowest BCUT2D eigenvalue weighted by atomic mass is 10.00. The van der Waals surface area contributed by atoms with Crippen molar-refractivity contribution in [3.8, 4) is 0 Å². The van der Waals surface area contributed by atoms with Crippen LogP contribution in [0.2, 0.25) is 0 Å². The second kappa shape index (κ2) is 7.92. The fraction of sp³-hybridized carbons (Fsp3) is 0.533. The van der Waals surface area contributed by atoms with E-state index in [1.54, 1.807) is 6.92 Å². The summed E-state index contributed by atoms with van der Waals surface area (Å²) in [5.74, 6) is -1.27. The van der Waals surface area contributed by atoms with Crippen LogP contribution in [-0.4, -0.2) is 40.8 Å². The van der Waals surface area contributed by atoms with Crippen molar-refractivity contribution < 1.29 is 15.0 Å². The van der Waals surface area contributed by atoms with Crippen LogP contribution < -0.4 is 0 Å². The summed E-state index contributed by atoms with van der Waals surface area (Å²) in [6.45, 7) is 6.65. The number of carboxylic acids is 1. The van der Waals surface area contributed by atoms with Gasteiger partial charge in [-0.15, -0.1) is 0 Å². The SMILES string of the molecule is CCN(CCCO)Cc1ccc(C(C)C(=O)O)cc1. The topological polar surface area (TPSA) is 60.8 Å². The monoisotopic (exact) mass is 265 g/mol. The number of benzene rings is 1. The predicted octanol–water partition coefficient (Wildman–Crippen LogP) is 2.08. The molecule has 4 nitrogen and oxygen atoms in total. The van der Waals surface area contributed by atoms with Gasteiger partial charge >= 0.3 is 5.97 Å². The summed E-state index contributed by atoms with van der Waals surface area (Å²) in [5, 5.41) is 17.8. The fourth-order valence-corrected chi connectivity index (χ4v) is 1.96. The van der Waals surface area contributed by atoms with Crippen LogP contribution in [0.15, 0.2) is 24.3 Å². The summed E-state index contributed by atoms with van der Waals surface area (Å²) in [7, 11) is 0. The van der Waals surface area contributed by atoms with Gasteiger partial charge in [0.1, 0.15) is 0 Å². The van der Waals surface area contributed by atoms with Gasteiger partial charge in [0.05, 0.1) is 5.92 Å². The molecule has 1 aromatic carbocycles. The average Bonchev–Trinajstić information content (AvgIpc) is 2.43. The van der Waals surface area contributed by atoms with E-state index in [0.29, 0.717) is 0 Å². The molecule has 2 N–H and O–H groups in total. The van der Waals surface area contributed by atoms with E-state index >= 15 is 0 Å². The van der Waals surface area contributed by atoms with E-state index in [1.165, 1.54) is 5.56 Å². The van der Waals surface area contributed by atoms with Crippen LogP contribution in [0.4, 0.5) is 0 Å². The molecule has 0 saturated carbocycles. The normalized spacial score (nSPS) is 12.6. The van der Waals surface area contributed by atoms with Gasteiger partial charge in [-0.05, 0) is 31.0 Å². The van der Waals surface area contributed by atoms with Crippen molar-refractivity contribution in [2.24, 2.45) is 0 Å². The number of aliphatic carboxylic acids is 1. The van der Waals surface area contributed by atoms with Gasteiger partial charge in [0.15, 0.2) is 0 Å². The molecule has 0 aliphatic heterocycles. The van der Waals surface area contributed by atoms with Crippen LogP contribution in [0.25, 0.3) is 0 Å². The Kier molecular flexibility index (Phi) is 6.53. The maximum absolute atomic E-state index is 10.9. The van der Waals surface area contributed by atoms with Gasteiger partial charge in [-0.3, -0.25) is 9.69 Å². The van der Waals surface area contributed by atoms with E-state index in [4.69, 9.17) is 10.2 Å². The van der Waals surface area contributed by atoms with Crippen LogP contribution in [-0.2, 0) is 11.3 Å². The van der Waals surface area contributed by atoms with Crippen molar-refractivity contribution >= 4 is 5.97 Å². The summed E-state index contributed by atoms with van der Waals surface area (Å²) in [6, 6.07) is 7.73. The molecule has 1 unspecified atom stereocenters. The number of carboxylic acid groups (broad SMARTS) is 1. The molecular weight excluding hydrogens is 242 g/mol. The Labute approximate surface area is 114 Å². The van der Waals surface area contributed by atoms with Crippen molar-refractivity contribution in [3.05, 3.63) is 35.4 Å². The van der Waals surface area contributed by atoms with E-state index in [1.807, 2.05) is 24.3 Å². The molecule has 0 aromatic heterocycles. The Morgan fingerprint density at radius 1 is 1.32 bits per heavy atom. The molecule has 19 heavy (non-hydrogen) atoms. The number of aliphatic hydroxyl groups excluding tert-OH is 1. The first-order chi connectivity index (χ1) is 9.08. The van der Waals surface area contributed by atoms with Crippen LogP contribution in [0.3, 0.4) is 0 Å². The molecule has 1 aromatic rings. The minimum absolute atomic E-state index is 0.214. The standard InChI is InChI=1S/C15H23NO3/c1-3-16(9-4-10-17)11-13-5-7-14(8-6-13)12(2)15(18)19/h5-8,12,17H,3-4,9-11H2,1-2H3,(H,18,19). The maximum atomic E-state index is 10.9. The van der Waals surface area contributed by atoms with Crippen LogP contribution >= 0.6 is 0 Å². The second-order valence-electron chi connectivity index (χ2n) is 4.75. The smallest absolute Gasteiger partial charge is 0.310 e. The highest BCUT2D eigenvalue weighted by Crippen LogP contribution is 2.16. The third-order valence-corrected chi connectivity index (χ3v) is 3.34. The second-order valence-corrected chi connectivity index (χ2v) is 4.75. The molecule has 0 saturated heterocycles. The van der Waals surface area contributed by atoms with Gasteiger partial charge in [-0.25, -0.2) is 0 Å². The quantitative estimate of drug-likeness (QED) is 0.755. The van der Waals surface area contributed by atoms with Crippen LogP contribution in [0, 0.1) is 0 Å². The molecule has 4 heteroatoms. The van der Waals surface area contributed by atoms with Gasteiger partial charge in [0.2, 0.25) is 0 Å². The van der Waals surface area contributed by atoms with E-state index in [-0.39, 0.29) is 6.61 Å². The summed E-state index contributed by atoms with van der Waals surface area (Å²) < 4.78 is 0. The Morgan fingerprint density at radius 2 is 1.95 bits per heavy atom. The first-order valence-electron chi connectivity index (χ1n) is 6.73. The number of aliphatic hydroxyl groups is 1. The Bertz CT molecular complexity index is 389. The summed E-state index contributed by atoms with van der Waals surface area (Å²) in [6.07, 6.45) is 0.780. The number of hydrogen-bond donors (Lipinski definition) is 2. The predicted molar refractivity (Wildman–Crippen MR) is 75.1 cm³/mol.